The molecule has 0 radical (unpaired) electrons. The van der Waals surface area contributed by atoms with Gasteiger partial charge in [0.15, 0.2) is 12.1 Å². The second kappa shape index (κ2) is 10.2. The maximum absolute atomic E-state index is 9.96. The van der Waals surface area contributed by atoms with E-state index in [-0.39, 0.29) is 12.5 Å². The van der Waals surface area contributed by atoms with E-state index in [1.54, 1.807) is 13.8 Å². The minimum Gasteiger partial charge on any atom is -0.388 e. The number of aliphatic hydroxyl groups is 2. The molecule has 5 nitrogen and oxygen atoms in total. The molecule has 0 aliphatic heterocycles. The van der Waals surface area contributed by atoms with Gasteiger partial charge >= 0.3 is 0 Å². The fourth-order valence-electron chi connectivity index (χ4n) is 1.39. The number of methoxy groups -OCH3 is 2. The van der Waals surface area contributed by atoms with E-state index in [0.717, 1.165) is 0 Å². The maximum Gasteiger partial charge on any atom is 0.182 e. The third-order valence-corrected chi connectivity index (χ3v) is 3.10. The van der Waals surface area contributed by atoms with E-state index < -0.39 is 18.2 Å². The molecule has 0 amide bonds. The second-order valence-corrected chi connectivity index (χ2v) is 6.10. The molecular formula is C12H21IO5S. The molecular weight excluding hydrogens is 383 g/mol. The van der Waals surface area contributed by atoms with Crippen LogP contribution in [0.4, 0.5) is 0 Å². The Balaban J connectivity index is 4.50. The number of ether oxygens (including phenoxy) is 3. The Kier molecular flexibility index (Phi) is 10.4. The number of hydrogen-bond donors (Lipinski definition) is 2. The summed E-state index contributed by atoms with van der Waals surface area (Å²) < 4.78 is 15.3. The summed E-state index contributed by atoms with van der Waals surface area (Å²) in [6, 6.07) is 0. The van der Waals surface area contributed by atoms with Gasteiger partial charge in [-0.15, -0.1) is 0 Å². The molecule has 7 heteroatoms. The van der Waals surface area contributed by atoms with Crippen LogP contribution in [0.2, 0.25) is 0 Å². The Bertz CT molecular complexity index is 293. The Hall–Kier alpha value is 0.440. The summed E-state index contributed by atoms with van der Waals surface area (Å²) in [7, 11) is 4.29. The van der Waals surface area contributed by atoms with Gasteiger partial charge in [0.1, 0.15) is 6.10 Å². The predicted molar refractivity (Wildman–Crippen MR) is 83.6 cm³/mol. The molecule has 0 bridgehead atoms. The number of rotatable bonds is 8. The zero-order valence-electron chi connectivity index (χ0n) is 11.6. The van der Waals surface area contributed by atoms with Crippen molar-refractivity contribution in [2.45, 2.75) is 38.4 Å². The molecule has 0 aromatic rings. The van der Waals surface area contributed by atoms with E-state index in [9.17, 15) is 10.2 Å². The van der Waals surface area contributed by atoms with Crippen LogP contribution >= 0.6 is 30.1 Å². The van der Waals surface area contributed by atoms with E-state index in [2.05, 4.69) is 32.4 Å². The van der Waals surface area contributed by atoms with Crippen molar-refractivity contribution in [3.05, 3.63) is 0 Å². The van der Waals surface area contributed by atoms with Crippen molar-refractivity contribution in [1.82, 2.24) is 0 Å². The van der Waals surface area contributed by atoms with Crippen LogP contribution in [0.1, 0.15) is 20.3 Å². The van der Waals surface area contributed by atoms with Gasteiger partial charge in [0.25, 0.3) is 0 Å². The van der Waals surface area contributed by atoms with Crippen molar-refractivity contribution >= 4 is 30.1 Å². The third kappa shape index (κ3) is 9.90. The van der Waals surface area contributed by atoms with E-state index in [0.29, 0.717) is 6.42 Å². The van der Waals surface area contributed by atoms with Gasteiger partial charge in [-0.2, -0.15) is 0 Å². The molecule has 2 atom stereocenters. The quantitative estimate of drug-likeness (QED) is 0.365. The van der Waals surface area contributed by atoms with Crippen LogP contribution in [0.25, 0.3) is 0 Å². The summed E-state index contributed by atoms with van der Waals surface area (Å²) in [5.74, 6) is 1.54. The molecule has 0 heterocycles. The summed E-state index contributed by atoms with van der Waals surface area (Å²) in [5, 5.41) is 22.4. The number of hydrogen-bond acceptors (Lipinski definition) is 6. The van der Waals surface area contributed by atoms with Crippen molar-refractivity contribution in [3.63, 3.8) is 0 Å². The van der Waals surface area contributed by atoms with Gasteiger partial charge in [0.2, 0.25) is 0 Å². The lowest BCUT2D eigenvalue weighted by Gasteiger charge is -2.24. The van der Waals surface area contributed by atoms with E-state index in [1.807, 2.05) is 0 Å². The van der Waals surface area contributed by atoms with Gasteiger partial charge in [0.05, 0.1) is 6.61 Å². The highest BCUT2D eigenvalue weighted by Crippen LogP contribution is 2.16. The zero-order chi connectivity index (χ0) is 14.9. The summed E-state index contributed by atoms with van der Waals surface area (Å²) in [6.07, 6.45) is -1.16. The number of halogens is 1. The van der Waals surface area contributed by atoms with Crippen LogP contribution in [0, 0.1) is 17.1 Å². The molecule has 2 N–H and O–H groups in total. The van der Waals surface area contributed by atoms with Crippen LogP contribution in [0.3, 0.4) is 0 Å². The molecule has 0 aromatic heterocycles. The average molecular weight is 404 g/mol. The van der Waals surface area contributed by atoms with Gasteiger partial charge in [-0.05, 0) is 34.5 Å². The molecule has 19 heavy (non-hydrogen) atoms. The Morgan fingerprint density at radius 1 is 1.32 bits per heavy atom. The Morgan fingerprint density at radius 3 is 2.32 bits per heavy atom. The number of aliphatic hydroxyl groups excluding tert-OH is 1. The molecule has 0 aromatic carbocycles. The van der Waals surface area contributed by atoms with Crippen molar-refractivity contribution in [1.29, 1.82) is 0 Å². The molecule has 0 spiro atoms. The van der Waals surface area contributed by atoms with Crippen LogP contribution in [-0.2, 0) is 14.2 Å². The SMILES string of the molecule is COC(OC)C(O)CC(C#CSI)COC(C)(C)O. The van der Waals surface area contributed by atoms with Crippen LogP contribution in [0.15, 0.2) is 0 Å². The van der Waals surface area contributed by atoms with Crippen LogP contribution < -0.4 is 0 Å². The first kappa shape index (κ1) is 19.4. The summed E-state index contributed by atoms with van der Waals surface area (Å²) in [4.78, 5) is 0. The summed E-state index contributed by atoms with van der Waals surface area (Å²) >= 11 is 2.07. The first-order valence-corrected chi connectivity index (χ1v) is 9.08. The van der Waals surface area contributed by atoms with Crippen molar-refractivity contribution in [3.8, 4) is 11.2 Å². The summed E-state index contributed by atoms with van der Waals surface area (Å²) in [6.45, 7) is 3.33. The standard InChI is InChI=1S/C12H21IO5S/c1-12(2,15)18-8-9(5-6-19-13)7-10(14)11(16-3)17-4/h9-11,14-15H,7-8H2,1-4H3. The minimum absolute atomic E-state index is 0.212. The Morgan fingerprint density at radius 2 is 1.89 bits per heavy atom. The fourth-order valence-corrected chi connectivity index (χ4v) is 1.98. The summed E-state index contributed by atoms with van der Waals surface area (Å²) in [5.41, 5.74) is 0. The molecule has 2 unspecified atom stereocenters. The molecule has 112 valence electrons. The highest BCUT2D eigenvalue weighted by Gasteiger charge is 2.23. The monoisotopic (exact) mass is 404 g/mol. The molecule has 0 aliphatic rings. The third-order valence-electron chi connectivity index (χ3n) is 2.24. The molecule has 0 saturated carbocycles. The van der Waals surface area contributed by atoms with Crippen molar-refractivity contribution in [2.24, 2.45) is 5.92 Å². The minimum atomic E-state index is -1.22. The maximum atomic E-state index is 9.96. The van der Waals surface area contributed by atoms with E-state index in [4.69, 9.17) is 14.2 Å². The molecule has 0 aliphatic carbocycles. The lowest BCUT2D eigenvalue weighted by molar-refractivity contribution is -0.189. The van der Waals surface area contributed by atoms with Gasteiger partial charge in [-0.1, -0.05) is 5.92 Å². The average Bonchev–Trinajstić information content (AvgIpc) is 2.33. The van der Waals surface area contributed by atoms with Gasteiger partial charge in [-0.25, -0.2) is 0 Å². The first-order valence-electron chi connectivity index (χ1n) is 5.72. The van der Waals surface area contributed by atoms with Gasteiger partial charge in [-0.3, -0.25) is 0 Å². The smallest absolute Gasteiger partial charge is 0.182 e. The zero-order valence-corrected chi connectivity index (χ0v) is 14.5. The highest BCUT2D eigenvalue weighted by atomic mass is 127. The topological polar surface area (TPSA) is 68.2 Å². The first-order chi connectivity index (χ1) is 8.84. The van der Waals surface area contributed by atoms with E-state index >= 15 is 0 Å². The van der Waals surface area contributed by atoms with Crippen LogP contribution in [-0.4, -0.2) is 49.2 Å². The Labute approximate surface area is 131 Å². The lowest BCUT2D eigenvalue weighted by Crippen LogP contribution is -2.33. The van der Waals surface area contributed by atoms with Crippen molar-refractivity contribution < 1.29 is 24.4 Å². The van der Waals surface area contributed by atoms with E-state index in [1.165, 1.54) is 23.2 Å². The second-order valence-electron chi connectivity index (χ2n) is 4.42. The van der Waals surface area contributed by atoms with Crippen LogP contribution in [0.5, 0.6) is 0 Å². The fraction of sp³-hybridized carbons (Fsp3) is 0.833. The molecule has 0 rings (SSSR count). The molecule has 0 saturated heterocycles. The van der Waals surface area contributed by atoms with Crippen molar-refractivity contribution in [2.75, 3.05) is 20.8 Å². The van der Waals surface area contributed by atoms with Gasteiger partial charge < -0.3 is 24.4 Å². The molecule has 0 fully saturated rings. The predicted octanol–water partition coefficient (Wildman–Crippen LogP) is 1.76. The largest absolute Gasteiger partial charge is 0.388 e. The van der Waals surface area contributed by atoms with Gasteiger partial charge in [0, 0.05) is 41.3 Å². The normalized spacial score (nSPS) is 14.9. The highest BCUT2D eigenvalue weighted by molar-refractivity contribution is 14.2. The lowest BCUT2D eigenvalue weighted by atomic mass is 10.0.